The number of hydrogen-bond donors (Lipinski definition) is 2. The van der Waals surface area contributed by atoms with Crippen LogP contribution in [0.5, 0.6) is 0 Å². The van der Waals surface area contributed by atoms with Crippen LogP contribution in [0.15, 0.2) is 24.8 Å². The molecule has 0 saturated heterocycles. The van der Waals surface area contributed by atoms with Gasteiger partial charge in [0.2, 0.25) is 0 Å². The number of aliphatic hydroxyl groups is 1. The summed E-state index contributed by atoms with van der Waals surface area (Å²) in [6.45, 7) is 1.76. The third-order valence-electron chi connectivity index (χ3n) is 2.78. The first kappa shape index (κ1) is 13.6. The molecule has 0 radical (unpaired) electrons. The molecule has 2 aromatic rings. The van der Waals surface area contributed by atoms with Crippen molar-refractivity contribution in [2.24, 2.45) is 7.05 Å². The van der Waals surface area contributed by atoms with Crippen LogP contribution in [0.3, 0.4) is 0 Å². The normalized spacial score (nSPS) is 13.1. The molecule has 0 fully saturated rings. The average molecular weight is 264 g/mol. The van der Waals surface area contributed by atoms with Gasteiger partial charge in [-0.2, -0.15) is 10.2 Å². The maximum absolute atomic E-state index is 10.0. The molecule has 0 bridgehead atoms. The van der Waals surface area contributed by atoms with Crippen LogP contribution in [-0.2, 0) is 20.1 Å². The van der Waals surface area contributed by atoms with Crippen LogP contribution in [-0.4, -0.2) is 49.3 Å². The van der Waals surface area contributed by atoms with Gasteiger partial charge in [0.25, 0.3) is 0 Å². The van der Waals surface area contributed by atoms with E-state index in [-0.39, 0.29) is 0 Å². The third-order valence-corrected chi connectivity index (χ3v) is 2.78. The van der Waals surface area contributed by atoms with Gasteiger partial charge in [-0.25, -0.2) is 0 Å². The molecule has 2 heterocycles. The number of hydrogen-bond acceptors (Lipinski definition) is 5. The average Bonchev–Trinajstić information content (AvgIpc) is 2.87. The molecule has 3 N–H and O–H groups in total. The van der Waals surface area contributed by atoms with Crippen molar-refractivity contribution in [3.63, 3.8) is 0 Å². The van der Waals surface area contributed by atoms with Gasteiger partial charge in [0.1, 0.15) is 0 Å². The zero-order chi connectivity index (χ0) is 13.8. The van der Waals surface area contributed by atoms with E-state index in [1.807, 2.05) is 26.5 Å². The second-order valence-electron chi connectivity index (χ2n) is 4.87. The van der Waals surface area contributed by atoms with Crippen LogP contribution in [0.25, 0.3) is 0 Å². The zero-order valence-corrected chi connectivity index (χ0v) is 11.3. The SMILES string of the molecule is CN(Cc1cnn(C)c1)CC(O)Cn1cc(N)cn1. The summed E-state index contributed by atoms with van der Waals surface area (Å²) in [5.74, 6) is 0. The van der Waals surface area contributed by atoms with E-state index in [1.54, 1.807) is 21.8 Å². The number of anilines is 1. The number of likely N-dealkylation sites (N-methyl/N-ethyl adjacent to an activating group) is 1. The highest BCUT2D eigenvalue weighted by Crippen LogP contribution is 2.04. The fourth-order valence-corrected chi connectivity index (χ4v) is 2.04. The van der Waals surface area contributed by atoms with E-state index < -0.39 is 6.10 Å². The molecule has 0 aliphatic carbocycles. The summed E-state index contributed by atoms with van der Waals surface area (Å²) in [7, 11) is 3.86. The minimum Gasteiger partial charge on any atom is -0.396 e. The van der Waals surface area contributed by atoms with E-state index >= 15 is 0 Å². The summed E-state index contributed by atoms with van der Waals surface area (Å²) in [5.41, 5.74) is 7.31. The van der Waals surface area contributed by atoms with Crippen LogP contribution in [0, 0.1) is 0 Å². The van der Waals surface area contributed by atoms with Gasteiger partial charge in [-0.05, 0) is 7.05 Å². The van der Waals surface area contributed by atoms with E-state index in [2.05, 4.69) is 15.1 Å². The predicted molar refractivity (Wildman–Crippen MR) is 72.2 cm³/mol. The van der Waals surface area contributed by atoms with Crippen molar-refractivity contribution in [2.45, 2.75) is 19.2 Å². The van der Waals surface area contributed by atoms with Crippen molar-refractivity contribution in [1.82, 2.24) is 24.5 Å². The molecular formula is C12H20N6O. The standard InChI is InChI=1S/C12H20N6O/c1-16(5-10-3-14-17(2)6-10)8-12(19)9-18-7-11(13)4-15-18/h3-4,6-7,12,19H,5,8-9,13H2,1-2H3. The van der Waals surface area contributed by atoms with Crippen LogP contribution in [0.1, 0.15) is 5.56 Å². The lowest BCUT2D eigenvalue weighted by Crippen LogP contribution is -2.31. The third kappa shape index (κ3) is 4.08. The second kappa shape index (κ2) is 5.85. The fraction of sp³-hybridized carbons (Fsp3) is 0.500. The second-order valence-corrected chi connectivity index (χ2v) is 4.87. The van der Waals surface area contributed by atoms with Crippen LogP contribution in [0.4, 0.5) is 5.69 Å². The Hall–Kier alpha value is -1.86. The Labute approximate surface area is 112 Å². The Morgan fingerprint density at radius 3 is 2.74 bits per heavy atom. The Bertz CT molecular complexity index is 474. The van der Waals surface area contributed by atoms with Gasteiger partial charge < -0.3 is 10.8 Å². The van der Waals surface area contributed by atoms with Gasteiger partial charge in [-0.15, -0.1) is 0 Å². The number of aliphatic hydroxyl groups excluding tert-OH is 1. The summed E-state index contributed by atoms with van der Waals surface area (Å²) in [4.78, 5) is 2.05. The molecule has 0 aliphatic rings. The molecule has 2 rings (SSSR count). The molecule has 1 atom stereocenters. The number of nitrogens with two attached hydrogens (primary N) is 1. The summed E-state index contributed by atoms with van der Waals surface area (Å²) < 4.78 is 3.42. The molecule has 19 heavy (non-hydrogen) atoms. The van der Waals surface area contributed by atoms with Crippen molar-refractivity contribution < 1.29 is 5.11 Å². The molecule has 7 heteroatoms. The topological polar surface area (TPSA) is 85.1 Å². The molecule has 2 aromatic heterocycles. The van der Waals surface area contributed by atoms with E-state index in [0.717, 1.165) is 12.1 Å². The number of nitrogens with zero attached hydrogens (tertiary/aromatic N) is 5. The van der Waals surface area contributed by atoms with E-state index in [0.29, 0.717) is 18.8 Å². The first-order chi connectivity index (χ1) is 9.02. The minimum absolute atomic E-state index is 0.439. The van der Waals surface area contributed by atoms with Crippen molar-refractivity contribution in [3.8, 4) is 0 Å². The predicted octanol–water partition coefficient (Wildman–Crippen LogP) is -0.308. The summed E-state index contributed by atoms with van der Waals surface area (Å²) in [6, 6.07) is 0. The first-order valence-corrected chi connectivity index (χ1v) is 6.15. The maximum Gasteiger partial charge on any atom is 0.0862 e. The largest absolute Gasteiger partial charge is 0.396 e. The minimum atomic E-state index is -0.485. The maximum atomic E-state index is 10.0. The lowest BCUT2D eigenvalue weighted by Gasteiger charge is -2.19. The molecule has 0 spiro atoms. The molecule has 104 valence electrons. The molecule has 0 aromatic carbocycles. The quantitative estimate of drug-likeness (QED) is 0.747. The Balaban J connectivity index is 1.79. The number of rotatable bonds is 6. The fourth-order valence-electron chi connectivity index (χ4n) is 2.04. The number of nitrogen functional groups attached to an aromatic ring is 1. The smallest absolute Gasteiger partial charge is 0.0862 e. The van der Waals surface area contributed by atoms with Gasteiger partial charge in [0.05, 0.1) is 30.7 Å². The van der Waals surface area contributed by atoms with Gasteiger partial charge in [0, 0.05) is 38.1 Å². The van der Waals surface area contributed by atoms with Gasteiger partial charge in [0.15, 0.2) is 0 Å². The lowest BCUT2D eigenvalue weighted by atomic mass is 10.3. The summed E-state index contributed by atoms with van der Waals surface area (Å²) in [5, 5.41) is 18.2. The Morgan fingerprint density at radius 1 is 1.37 bits per heavy atom. The Morgan fingerprint density at radius 2 is 2.16 bits per heavy atom. The lowest BCUT2D eigenvalue weighted by molar-refractivity contribution is 0.104. The van der Waals surface area contributed by atoms with Crippen molar-refractivity contribution in [2.75, 3.05) is 19.3 Å². The first-order valence-electron chi connectivity index (χ1n) is 6.15. The number of aromatic nitrogens is 4. The highest BCUT2D eigenvalue weighted by Gasteiger charge is 2.10. The highest BCUT2D eigenvalue weighted by atomic mass is 16.3. The molecule has 7 nitrogen and oxygen atoms in total. The molecular weight excluding hydrogens is 244 g/mol. The van der Waals surface area contributed by atoms with Crippen LogP contribution < -0.4 is 5.73 Å². The molecule has 0 saturated carbocycles. The monoisotopic (exact) mass is 264 g/mol. The van der Waals surface area contributed by atoms with Gasteiger partial charge in [-0.1, -0.05) is 0 Å². The van der Waals surface area contributed by atoms with Crippen LogP contribution >= 0.6 is 0 Å². The summed E-state index contributed by atoms with van der Waals surface area (Å²) >= 11 is 0. The van der Waals surface area contributed by atoms with E-state index in [9.17, 15) is 5.11 Å². The van der Waals surface area contributed by atoms with Crippen molar-refractivity contribution in [1.29, 1.82) is 0 Å². The molecule has 1 unspecified atom stereocenters. The van der Waals surface area contributed by atoms with E-state index in [4.69, 9.17) is 5.73 Å². The van der Waals surface area contributed by atoms with Crippen molar-refractivity contribution >= 4 is 5.69 Å². The Kier molecular flexibility index (Phi) is 4.18. The zero-order valence-electron chi connectivity index (χ0n) is 11.3. The molecule has 0 aliphatic heterocycles. The molecule has 0 amide bonds. The highest BCUT2D eigenvalue weighted by molar-refractivity contribution is 5.30. The van der Waals surface area contributed by atoms with Crippen LogP contribution in [0.2, 0.25) is 0 Å². The summed E-state index contributed by atoms with van der Waals surface area (Å²) in [6.07, 6.45) is 6.60. The number of aryl methyl sites for hydroxylation is 1. The van der Waals surface area contributed by atoms with E-state index in [1.165, 1.54) is 0 Å². The van der Waals surface area contributed by atoms with Crippen molar-refractivity contribution in [3.05, 3.63) is 30.4 Å². The van der Waals surface area contributed by atoms with Gasteiger partial charge >= 0.3 is 0 Å². The van der Waals surface area contributed by atoms with Gasteiger partial charge in [-0.3, -0.25) is 14.3 Å².